The van der Waals surface area contributed by atoms with Gasteiger partial charge in [0.15, 0.2) is 0 Å². The van der Waals surface area contributed by atoms with E-state index in [-0.39, 0.29) is 23.6 Å². The summed E-state index contributed by atoms with van der Waals surface area (Å²) in [7, 11) is 1.28. The number of hydrogen-bond donors (Lipinski definition) is 0. The Kier molecular flexibility index (Phi) is 8.41. The van der Waals surface area contributed by atoms with Gasteiger partial charge in [0.2, 0.25) is 0 Å². The fourth-order valence-corrected chi connectivity index (χ4v) is 4.46. The van der Waals surface area contributed by atoms with Crippen LogP contribution in [-0.2, 0) is 28.5 Å². The van der Waals surface area contributed by atoms with Gasteiger partial charge in [0, 0.05) is 0 Å². The molecule has 128 valence electrons. The van der Waals surface area contributed by atoms with Crippen molar-refractivity contribution in [1.82, 2.24) is 0 Å². The first kappa shape index (κ1) is 20.3. The van der Waals surface area contributed by atoms with Gasteiger partial charge in [-0.25, -0.2) is 0 Å². The second-order valence-electron chi connectivity index (χ2n) is 6.00. The van der Waals surface area contributed by atoms with E-state index < -0.39 is 24.3 Å². The van der Waals surface area contributed by atoms with Crippen molar-refractivity contribution in [2.24, 2.45) is 11.8 Å². The molecular weight excluding hydrogens is 317 g/mol. The Labute approximate surface area is 140 Å². The van der Waals surface area contributed by atoms with Gasteiger partial charge in [0.1, 0.15) is 0 Å². The van der Waals surface area contributed by atoms with E-state index in [0.717, 1.165) is 13.5 Å². The number of ether oxygens (including phenoxy) is 3. The van der Waals surface area contributed by atoms with Crippen molar-refractivity contribution in [2.45, 2.75) is 65.2 Å². The summed E-state index contributed by atoms with van der Waals surface area (Å²) in [6, 6.07) is 0. The van der Waals surface area contributed by atoms with E-state index in [1.54, 1.807) is 0 Å². The normalized spacial score (nSPS) is 32.1. The number of carbonyl (C=O) groups is 2. The van der Waals surface area contributed by atoms with Gasteiger partial charge in [-0.05, 0) is 0 Å². The van der Waals surface area contributed by atoms with Crippen LogP contribution in [0.4, 0.5) is 0 Å². The third-order valence-electron chi connectivity index (χ3n) is 4.22. The zero-order valence-corrected chi connectivity index (χ0v) is 15.4. The molecule has 0 saturated carbocycles. The van der Waals surface area contributed by atoms with Gasteiger partial charge < -0.3 is 0 Å². The average Bonchev–Trinajstić information content (AvgIpc) is 2.48. The van der Waals surface area contributed by atoms with Crippen molar-refractivity contribution in [1.29, 1.82) is 0 Å². The molecule has 1 saturated heterocycles. The van der Waals surface area contributed by atoms with Gasteiger partial charge in [-0.2, -0.15) is 0 Å². The van der Waals surface area contributed by atoms with E-state index in [4.69, 9.17) is 14.2 Å². The third kappa shape index (κ3) is 5.68. The summed E-state index contributed by atoms with van der Waals surface area (Å²) in [5.41, 5.74) is 0.0892. The van der Waals surface area contributed by atoms with Crippen LogP contribution >= 0.6 is 8.46 Å². The van der Waals surface area contributed by atoms with Crippen LogP contribution in [0.3, 0.4) is 0 Å². The van der Waals surface area contributed by atoms with E-state index in [1.165, 1.54) is 13.8 Å². The molecule has 0 N–H and O–H groups in total. The van der Waals surface area contributed by atoms with Crippen molar-refractivity contribution < 1.29 is 28.5 Å². The number of hydrogen-bond acceptors (Lipinski definition) is 6. The Balaban J connectivity index is 3.06. The zero-order chi connectivity index (χ0) is 17.6. The minimum absolute atomic E-state index is 0.0608. The van der Waals surface area contributed by atoms with Gasteiger partial charge in [-0.15, -0.1) is 0 Å². The fourth-order valence-electron chi connectivity index (χ4n) is 2.89. The van der Waals surface area contributed by atoms with Gasteiger partial charge >= 0.3 is 140 Å². The van der Waals surface area contributed by atoms with Crippen molar-refractivity contribution in [3.05, 3.63) is 0 Å². The van der Waals surface area contributed by atoms with Crippen molar-refractivity contribution >= 4 is 34.3 Å². The first-order valence-corrected chi connectivity index (χ1v) is 9.27. The quantitative estimate of drug-likeness (QED) is 0.394. The Morgan fingerprint density at radius 2 is 1.91 bits per heavy atom. The maximum absolute atomic E-state index is 11.4. The van der Waals surface area contributed by atoms with Crippen molar-refractivity contribution in [3.63, 3.8) is 0 Å². The van der Waals surface area contributed by atoms with Crippen LogP contribution in [0, 0.1) is 11.8 Å². The van der Waals surface area contributed by atoms with E-state index in [2.05, 4.69) is 13.8 Å². The Bertz CT molecular complexity index is 435. The summed E-state index contributed by atoms with van der Waals surface area (Å²) in [6.07, 6.45) is -0.780. The predicted octanol–water partition coefficient (Wildman–Crippen LogP) is 1.25. The maximum atomic E-state index is 11.4. The molecular formula is C14H25B2O6P. The molecule has 4 unspecified atom stereocenters. The molecule has 0 amide bonds. The van der Waals surface area contributed by atoms with Crippen LogP contribution in [-0.4, -0.2) is 50.0 Å². The SMILES string of the molecule is CC[C@H](C)C1OC(OC(C)=O)C(OC(C)=O)[C@@H](C)[C@@H]1PBB=O. The second-order valence-corrected chi connectivity index (χ2v) is 7.48. The van der Waals surface area contributed by atoms with E-state index in [0.29, 0.717) is 15.3 Å². The van der Waals surface area contributed by atoms with Gasteiger partial charge in [-0.1, -0.05) is 0 Å². The van der Waals surface area contributed by atoms with Gasteiger partial charge in [0.05, 0.1) is 0 Å². The molecule has 0 radical (unpaired) electrons. The van der Waals surface area contributed by atoms with Gasteiger partial charge in [-0.3, -0.25) is 0 Å². The van der Waals surface area contributed by atoms with Crippen LogP contribution < -0.4 is 0 Å². The molecule has 1 rings (SSSR count). The monoisotopic (exact) mass is 342 g/mol. The van der Waals surface area contributed by atoms with Crippen LogP contribution in [0.25, 0.3) is 0 Å². The summed E-state index contributed by atoms with van der Waals surface area (Å²) < 4.78 is 27.4. The van der Waals surface area contributed by atoms with Gasteiger partial charge in [0.25, 0.3) is 0 Å². The van der Waals surface area contributed by atoms with Crippen molar-refractivity contribution in [2.75, 3.05) is 0 Å². The molecule has 7 atom stereocenters. The molecule has 1 aliphatic rings. The van der Waals surface area contributed by atoms with E-state index >= 15 is 0 Å². The van der Waals surface area contributed by atoms with Crippen LogP contribution in [0.5, 0.6) is 0 Å². The number of esters is 2. The first-order valence-electron chi connectivity index (χ1n) is 7.98. The Hall–Kier alpha value is -0.740. The van der Waals surface area contributed by atoms with Crippen molar-refractivity contribution in [3.8, 4) is 0 Å². The summed E-state index contributed by atoms with van der Waals surface area (Å²) >= 11 is 0. The summed E-state index contributed by atoms with van der Waals surface area (Å²) in [6.45, 7) is 9.18. The summed E-state index contributed by atoms with van der Waals surface area (Å²) in [5, 5.41) is 0. The number of rotatable bonds is 7. The van der Waals surface area contributed by atoms with Crippen LogP contribution in [0.2, 0.25) is 0 Å². The first-order chi connectivity index (χ1) is 10.8. The molecule has 23 heavy (non-hydrogen) atoms. The molecule has 0 spiro atoms. The van der Waals surface area contributed by atoms with Crippen LogP contribution in [0.1, 0.15) is 41.0 Å². The van der Waals surface area contributed by atoms with E-state index in [1.807, 2.05) is 6.92 Å². The Morgan fingerprint density at radius 1 is 1.30 bits per heavy atom. The second kappa shape index (κ2) is 9.53. The molecule has 0 aromatic heterocycles. The van der Waals surface area contributed by atoms with Crippen LogP contribution in [0.15, 0.2) is 0 Å². The fraction of sp³-hybridized carbons (Fsp3) is 0.857. The molecule has 9 heteroatoms. The molecule has 0 aliphatic carbocycles. The molecule has 6 nitrogen and oxygen atoms in total. The summed E-state index contributed by atoms with van der Waals surface area (Å²) in [4.78, 5) is 22.8. The number of carbonyl (C=O) groups excluding carboxylic acids is 2. The zero-order valence-electron chi connectivity index (χ0n) is 14.4. The molecule has 0 aromatic carbocycles. The van der Waals surface area contributed by atoms with E-state index in [9.17, 15) is 14.3 Å². The molecule has 1 fully saturated rings. The molecule has 1 aliphatic heterocycles. The summed E-state index contributed by atoms with van der Waals surface area (Å²) in [5.74, 6) is -0.731. The standard InChI is InChI=1S/C14H25B2O6P/c1-6-7(2)11-13(23-16-15-19)8(3)12(20-9(4)17)14(22-11)21-10(5)18/h7-8,11-14,16,23H,6H2,1-5H3/t7-,8+,11?,12?,13-,14?/m0/s1. The average molecular weight is 342 g/mol. The predicted molar refractivity (Wildman–Crippen MR) is 90.3 cm³/mol. The third-order valence-corrected chi connectivity index (χ3v) is 5.95. The molecule has 0 aromatic rings. The molecule has 1 heterocycles. The minimum atomic E-state index is -0.900. The Morgan fingerprint density at radius 3 is 2.39 bits per heavy atom. The topological polar surface area (TPSA) is 78.9 Å². The molecule has 0 bridgehead atoms.